The summed E-state index contributed by atoms with van der Waals surface area (Å²) in [7, 11) is -1.50. The molecule has 5 rings (SSSR count). The van der Waals surface area contributed by atoms with Crippen molar-refractivity contribution in [2.75, 3.05) is 43.9 Å². The van der Waals surface area contributed by atoms with E-state index in [0.29, 0.717) is 25.9 Å². The fourth-order valence-electron chi connectivity index (χ4n) is 5.95. The molecule has 2 aliphatic heterocycles. The average Bonchev–Trinajstić information content (AvgIpc) is 3.57. The number of hydrogen-bond donors (Lipinski definition) is 1. The van der Waals surface area contributed by atoms with Gasteiger partial charge in [-0.3, -0.25) is 4.79 Å². The Hall–Kier alpha value is -2.73. The monoisotopic (exact) mass is 589 g/mol. The van der Waals surface area contributed by atoms with Crippen LogP contribution in [-0.4, -0.2) is 83.1 Å². The molecule has 0 aliphatic carbocycles. The van der Waals surface area contributed by atoms with Gasteiger partial charge in [-0.25, -0.2) is 22.2 Å². The number of hydrogen-bond acceptors (Lipinski definition) is 7. The van der Waals surface area contributed by atoms with E-state index in [1.165, 1.54) is 4.31 Å². The van der Waals surface area contributed by atoms with Gasteiger partial charge < -0.3 is 15.5 Å². The second kappa shape index (κ2) is 11.6. The zero-order valence-corrected chi connectivity index (χ0v) is 25.3. The molecule has 10 nitrogen and oxygen atoms in total. The van der Waals surface area contributed by atoms with Gasteiger partial charge in [0.2, 0.25) is 15.9 Å². The largest absolute Gasteiger partial charge is 0.355 e. The highest BCUT2D eigenvalue weighted by molar-refractivity contribution is 7.89. The summed E-state index contributed by atoms with van der Waals surface area (Å²) in [6, 6.07) is 11.6. The quantitative estimate of drug-likeness (QED) is 0.450. The summed E-state index contributed by atoms with van der Waals surface area (Å²) in [4.78, 5) is 23.2. The number of amides is 1. The summed E-state index contributed by atoms with van der Waals surface area (Å²) >= 11 is 0. The molecule has 3 aromatic rings. The van der Waals surface area contributed by atoms with E-state index in [2.05, 4.69) is 4.90 Å². The number of likely N-dealkylation sites (N-methyl/N-ethyl adjacent to an activating group) is 1. The number of rotatable bonds is 7. The van der Waals surface area contributed by atoms with Crippen LogP contribution in [0.25, 0.3) is 5.65 Å². The van der Waals surface area contributed by atoms with Crippen LogP contribution in [-0.2, 0) is 20.2 Å². The maximum Gasteiger partial charge on any atom is 0.233 e. The van der Waals surface area contributed by atoms with E-state index in [1.807, 2.05) is 63.5 Å². The molecule has 4 heterocycles. The van der Waals surface area contributed by atoms with Gasteiger partial charge in [-0.15, -0.1) is 12.4 Å². The number of aryl methyl sites for hydroxylation is 1. The lowest BCUT2D eigenvalue weighted by molar-refractivity contribution is -0.139. The molecular formula is C28H40ClN7O3S. The Kier molecular flexibility index (Phi) is 8.79. The smallest absolute Gasteiger partial charge is 0.233 e. The van der Waals surface area contributed by atoms with Crippen molar-refractivity contribution in [2.45, 2.75) is 57.5 Å². The Morgan fingerprint density at radius 3 is 2.48 bits per heavy atom. The Morgan fingerprint density at radius 2 is 1.88 bits per heavy atom. The lowest BCUT2D eigenvalue weighted by Crippen LogP contribution is -2.53. The number of piperidine rings is 1. The number of nitrogens with two attached hydrogens (primary N) is 1. The molecule has 0 saturated carbocycles. The topological polar surface area (TPSA) is 117 Å². The molecule has 0 unspecified atom stereocenters. The SMILES string of the molecule is CCS(=O)(=O)N1CCC(C(=O)N(C)[C@@H](C)c2cc3nc(N4CC[C@H](N)C4)c(C)cn3n2)(c2ccccc2)CC1.Cl. The molecule has 40 heavy (non-hydrogen) atoms. The minimum absolute atomic E-state index is 0. The van der Waals surface area contributed by atoms with E-state index >= 15 is 0 Å². The van der Waals surface area contributed by atoms with Crippen LogP contribution >= 0.6 is 12.4 Å². The van der Waals surface area contributed by atoms with Crippen LogP contribution < -0.4 is 10.6 Å². The van der Waals surface area contributed by atoms with Gasteiger partial charge in [0.25, 0.3) is 0 Å². The summed E-state index contributed by atoms with van der Waals surface area (Å²) in [5.41, 5.74) is 8.75. The summed E-state index contributed by atoms with van der Waals surface area (Å²) < 4.78 is 28.4. The Bertz CT molecular complexity index is 1460. The third-order valence-corrected chi connectivity index (χ3v) is 10.4. The molecule has 1 amide bonds. The van der Waals surface area contributed by atoms with Crippen molar-refractivity contribution < 1.29 is 13.2 Å². The predicted molar refractivity (Wildman–Crippen MR) is 159 cm³/mol. The fourth-order valence-corrected chi connectivity index (χ4v) is 7.05. The predicted octanol–water partition coefficient (Wildman–Crippen LogP) is 2.90. The molecule has 1 aromatic carbocycles. The van der Waals surface area contributed by atoms with Crippen molar-refractivity contribution >= 4 is 39.8 Å². The number of sulfonamides is 1. The van der Waals surface area contributed by atoms with Crippen molar-refractivity contribution in [1.29, 1.82) is 0 Å². The molecular weight excluding hydrogens is 550 g/mol. The highest BCUT2D eigenvalue weighted by Gasteiger charge is 2.46. The van der Waals surface area contributed by atoms with Gasteiger partial charge in [0.1, 0.15) is 5.82 Å². The molecule has 0 radical (unpaired) electrons. The van der Waals surface area contributed by atoms with E-state index in [4.69, 9.17) is 15.8 Å². The lowest BCUT2D eigenvalue weighted by atomic mass is 9.72. The van der Waals surface area contributed by atoms with Crippen LogP contribution in [0.1, 0.15) is 56.0 Å². The van der Waals surface area contributed by atoms with E-state index < -0.39 is 15.4 Å². The highest BCUT2D eigenvalue weighted by Crippen LogP contribution is 2.39. The number of anilines is 1. The summed E-state index contributed by atoms with van der Waals surface area (Å²) in [6.07, 6.45) is 3.79. The van der Waals surface area contributed by atoms with Gasteiger partial charge in [0.05, 0.1) is 22.9 Å². The maximum atomic E-state index is 14.3. The van der Waals surface area contributed by atoms with Gasteiger partial charge in [-0.2, -0.15) is 5.10 Å². The normalized spacial score (nSPS) is 20.3. The average molecular weight is 590 g/mol. The van der Waals surface area contributed by atoms with Gasteiger partial charge >= 0.3 is 0 Å². The highest BCUT2D eigenvalue weighted by atomic mass is 35.5. The molecule has 2 saturated heterocycles. The Balaban J connectivity index is 0.00000370. The van der Waals surface area contributed by atoms with Crippen LogP contribution in [0.15, 0.2) is 42.6 Å². The Labute approximate surface area is 243 Å². The van der Waals surface area contributed by atoms with Crippen LogP contribution in [0.4, 0.5) is 5.82 Å². The Morgan fingerprint density at radius 1 is 1.20 bits per heavy atom. The van der Waals surface area contributed by atoms with E-state index in [9.17, 15) is 13.2 Å². The first-order valence-corrected chi connectivity index (χ1v) is 15.3. The van der Waals surface area contributed by atoms with E-state index in [-0.39, 0.29) is 36.2 Å². The number of benzene rings is 1. The molecule has 2 fully saturated rings. The van der Waals surface area contributed by atoms with E-state index in [0.717, 1.165) is 47.8 Å². The first-order valence-electron chi connectivity index (χ1n) is 13.7. The van der Waals surface area contributed by atoms with E-state index in [1.54, 1.807) is 16.3 Å². The third kappa shape index (κ3) is 5.44. The maximum absolute atomic E-state index is 14.3. The molecule has 2 atom stereocenters. The van der Waals surface area contributed by atoms with Crippen LogP contribution in [0.5, 0.6) is 0 Å². The fraction of sp³-hybridized carbons (Fsp3) is 0.536. The molecule has 12 heteroatoms. The van der Waals surface area contributed by atoms with Crippen molar-refractivity contribution in [3.8, 4) is 0 Å². The number of aromatic nitrogens is 3. The van der Waals surface area contributed by atoms with Crippen LogP contribution in [0.3, 0.4) is 0 Å². The zero-order chi connectivity index (χ0) is 27.9. The van der Waals surface area contributed by atoms with Crippen LogP contribution in [0.2, 0.25) is 0 Å². The third-order valence-electron chi connectivity index (χ3n) is 8.55. The number of nitrogens with zero attached hydrogens (tertiary/aromatic N) is 6. The molecule has 218 valence electrons. The number of carbonyl (C=O) groups excluding carboxylic acids is 1. The summed E-state index contributed by atoms with van der Waals surface area (Å²) in [5.74, 6) is 0.961. The molecule has 2 N–H and O–H groups in total. The second-order valence-corrected chi connectivity index (χ2v) is 13.2. The minimum Gasteiger partial charge on any atom is -0.355 e. The van der Waals surface area contributed by atoms with Gasteiger partial charge in [0.15, 0.2) is 5.65 Å². The number of carbonyl (C=O) groups is 1. The van der Waals surface area contributed by atoms with Crippen LogP contribution in [0, 0.1) is 6.92 Å². The second-order valence-electron chi connectivity index (χ2n) is 11.0. The van der Waals surface area contributed by atoms with Crippen molar-refractivity contribution in [1.82, 2.24) is 23.8 Å². The molecule has 0 bridgehead atoms. The lowest BCUT2D eigenvalue weighted by Gasteiger charge is -2.43. The van der Waals surface area contributed by atoms with Gasteiger partial charge in [-0.05, 0) is 45.6 Å². The molecule has 2 aliphatic rings. The van der Waals surface area contributed by atoms with Gasteiger partial charge in [-0.1, -0.05) is 30.3 Å². The van der Waals surface area contributed by atoms with Crippen molar-refractivity contribution in [3.63, 3.8) is 0 Å². The summed E-state index contributed by atoms with van der Waals surface area (Å²) in [6.45, 7) is 7.97. The molecule has 0 spiro atoms. The number of fused-ring (bicyclic) bond motifs is 1. The van der Waals surface area contributed by atoms with Gasteiger partial charge in [0, 0.05) is 57.1 Å². The van der Waals surface area contributed by atoms with Crippen molar-refractivity contribution in [2.24, 2.45) is 5.73 Å². The first kappa shape index (κ1) is 30.2. The zero-order valence-electron chi connectivity index (χ0n) is 23.7. The minimum atomic E-state index is -3.31. The standard InChI is InChI=1S/C28H39N7O3S.ClH/c1-5-39(37,38)34-15-12-28(13-16-34,22-9-7-6-8-10-22)27(36)32(4)21(3)24-17-25-30-26(20(2)18-35(25)31-24)33-14-11-23(29)19-33;/h6-10,17-18,21,23H,5,11-16,19,29H2,1-4H3;1H/t21-,23-;/m0./s1. The van der Waals surface area contributed by atoms with Crippen molar-refractivity contribution in [3.05, 3.63) is 59.4 Å². The number of halogens is 1. The molecule has 2 aromatic heterocycles. The summed E-state index contributed by atoms with van der Waals surface area (Å²) in [5, 5.41) is 4.79. The first-order chi connectivity index (χ1) is 18.6.